The van der Waals surface area contributed by atoms with E-state index < -0.39 is 0 Å². The fourth-order valence-electron chi connectivity index (χ4n) is 2.64. The molecule has 0 amide bonds. The Balaban J connectivity index is 1.69. The highest BCUT2D eigenvalue weighted by Gasteiger charge is 2.38. The smallest absolute Gasteiger partial charge is 0.0702 e. The van der Waals surface area contributed by atoms with Crippen LogP contribution in [0.1, 0.15) is 38.7 Å². The maximum Gasteiger partial charge on any atom is 0.0702 e. The highest BCUT2D eigenvalue weighted by Crippen LogP contribution is 2.47. The van der Waals surface area contributed by atoms with Crippen molar-refractivity contribution < 1.29 is 0 Å². The van der Waals surface area contributed by atoms with Crippen LogP contribution < -0.4 is 5.32 Å². The van der Waals surface area contributed by atoms with Gasteiger partial charge in [0.25, 0.3) is 0 Å². The Morgan fingerprint density at radius 3 is 2.89 bits per heavy atom. The fraction of sp³-hybridized carbons (Fsp3) is 0.471. The molecule has 2 heteroatoms. The molecule has 0 spiro atoms. The van der Waals surface area contributed by atoms with Crippen molar-refractivity contribution in [2.24, 2.45) is 5.92 Å². The van der Waals surface area contributed by atoms with E-state index in [-0.39, 0.29) is 5.54 Å². The SMILES string of the molecule is CC(C)(C)NCC1CC1c1ccc2ncccc2c1. The van der Waals surface area contributed by atoms with Crippen molar-refractivity contribution in [3.05, 3.63) is 42.1 Å². The molecule has 19 heavy (non-hydrogen) atoms. The van der Waals surface area contributed by atoms with Crippen molar-refractivity contribution in [3.63, 3.8) is 0 Å². The van der Waals surface area contributed by atoms with Crippen molar-refractivity contribution in [2.75, 3.05) is 6.54 Å². The molecule has 2 nitrogen and oxygen atoms in total. The van der Waals surface area contributed by atoms with Gasteiger partial charge in [0, 0.05) is 17.1 Å². The van der Waals surface area contributed by atoms with Gasteiger partial charge in [-0.2, -0.15) is 0 Å². The van der Waals surface area contributed by atoms with E-state index in [0.717, 1.165) is 23.9 Å². The predicted molar refractivity (Wildman–Crippen MR) is 80.3 cm³/mol. The molecule has 1 aromatic heterocycles. The summed E-state index contributed by atoms with van der Waals surface area (Å²) < 4.78 is 0. The van der Waals surface area contributed by atoms with Gasteiger partial charge in [0.15, 0.2) is 0 Å². The first-order valence-corrected chi connectivity index (χ1v) is 7.13. The Kier molecular flexibility index (Phi) is 3.06. The summed E-state index contributed by atoms with van der Waals surface area (Å²) in [5, 5.41) is 4.87. The molecular formula is C17H22N2. The molecule has 1 aliphatic carbocycles. The molecule has 1 heterocycles. The zero-order valence-corrected chi connectivity index (χ0v) is 12.0. The predicted octanol–water partition coefficient (Wildman–Crippen LogP) is 3.73. The van der Waals surface area contributed by atoms with E-state index in [1.54, 1.807) is 0 Å². The van der Waals surface area contributed by atoms with E-state index in [1.165, 1.54) is 17.4 Å². The van der Waals surface area contributed by atoms with Crippen LogP contribution in [-0.4, -0.2) is 17.1 Å². The van der Waals surface area contributed by atoms with Crippen molar-refractivity contribution in [1.82, 2.24) is 10.3 Å². The largest absolute Gasteiger partial charge is 0.312 e. The van der Waals surface area contributed by atoms with Gasteiger partial charge in [-0.25, -0.2) is 0 Å². The summed E-state index contributed by atoms with van der Waals surface area (Å²) in [5.74, 6) is 1.54. The number of aromatic nitrogens is 1. The molecule has 1 saturated carbocycles. The highest BCUT2D eigenvalue weighted by molar-refractivity contribution is 5.79. The Labute approximate surface area is 115 Å². The van der Waals surface area contributed by atoms with Crippen LogP contribution in [-0.2, 0) is 0 Å². The van der Waals surface area contributed by atoms with Crippen molar-refractivity contribution in [2.45, 2.75) is 38.6 Å². The van der Waals surface area contributed by atoms with Gasteiger partial charge in [-0.05, 0) is 69.3 Å². The Morgan fingerprint density at radius 2 is 2.11 bits per heavy atom. The van der Waals surface area contributed by atoms with Gasteiger partial charge in [-0.1, -0.05) is 12.1 Å². The van der Waals surface area contributed by atoms with E-state index in [9.17, 15) is 0 Å². The number of hydrogen-bond donors (Lipinski definition) is 1. The second-order valence-electron chi connectivity index (χ2n) is 6.69. The molecule has 1 aliphatic rings. The summed E-state index contributed by atoms with van der Waals surface area (Å²) in [6.07, 6.45) is 3.17. The average Bonchev–Trinajstić information content (AvgIpc) is 3.14. The number of fused-ring (bicyclic) bond motifs is 1. The lowest BCUT2D eigenvalue weighted by atomic mass is 10.1. The highest BCUT2D eigenvalue weighted by atomic mass is 15.0. The first kappa shape index (κ1) is 12.6. The van der Waals surface area contributed by atoms with Crippen LogP contribution in [0.2, 0.25) is 0 Å². The number of nitrogens with zero attached hydrogens (tertiary/aromatic N) is 1. The normalized spacial score (nSPS) is 22.7. The van der Waals surface area contributed by atoms with Crippen LogP contribution in [0.15, 0.2) is 36.5 Å². The van der Waals surface area contributed by atoms with Crippen molar-refractivity contribution in [3.8, 4) is 0 Å². The molecule has 2 aromatic rings. The van der Waals surface area contributed by atoms with Crippen LogP contribution in [0.4, 0.5) is 0 Å². The van der Waals surface area contributed by atoms with Crippen molar-refractivity contribution >= 4 is 10.9 Å². The maximum absolute atomic E-state index is 4.38. The second-order valence-corrected chi connectivity index (χ2v) is 6.69. The number of rotatable bonds is 3. The van der Waals surface area contributed by atoms with Crippen LogP contribution in [0.3, 0.4) is 0 Å². The molecular weight excluding hydrogens is 232 g/mol. The van der Waals surface area contributed by atoms with Gasteiger partial charge in [-0.15, -0.1) is 0 Å². The second kappa shape index (κ2) is 4.61. The molecule has 3 rings (SSSR count). The minimum atomic E-state index is 0.223. The van der Waals surface area contributed by atoms with Crippen molar-refractivity contribution in [1.29, 1.82) is 0 Å². The molecule has 1 N–H and O–H groups in total. The van der Waals surface area contributed by atoms with Gasteiger partial charge in [0.2, 0.25) is 0 Å². The van der Waals surface area contributed by atoms with Gasteiger partial charge in [0.05, 0.1) is 5.52 Å². The summed E-state index contributed by atoms with van der Waals surface area (Å²) in [4.78, 5) is 4.38. The van der Waals surface area contributed by atoms with E-state index >= 15 is 0 Å². The first-order valence-electron chi connectivity index (χ1n) is 7.13. The number of benzene rings is 1. The standard InChI is InChI=1S/C17H22N2/c1-17(2,3)19-11-14-10-15(14)12-6-7-16-13(9-12)5-4-8-18-16/h4-9,14-15,19H,10-11H2,1-3H3. The van der Waals surface area contributed by atoms with Crippen LogP contribution >= 0.6 is 0 Å². The monoisotopic (exact) mass is 254 g/mol. The van der Waals surface area contributed by atoms with Crippen LogP contribution in [0.5, 0.6) is 0 Å². The minimum absolute atomic E-state index is 0.223. The van der Waals surface area contributed by atoms with Gasteiger partial charge in [0.1, 0.15) is 0 Å². The minimum Gasteiger partial charge on any atom is -0.312 e. The average molecular weight is 254 g/mol. The zero-order chi connectivity index (χ0) is 13.5. The molecule has 0 bridgehead atoms. The van der Waals surface area contributed by atoms with Crippen LogP contribution in [0, 0.1) is 5.92 Å². The molecule has 1 aromatic carbocycles. The Morgan fingerprint density at radius 1 is 1.26 bits per heavy atom. The molecule has 2 atom stereocenters. The maximum atomic E-state index is 4.38. The molecule has 0 saturated heterocycles. The van der Waals surface area contributed by atoms with E-state index in [0.29, 0.717) is 0 Å². The molecule has 1 fully saturated rings. The summed E-state index contributed by atoms with van der Waals surface area (Å²) in [5.41, 5.74) is 2.79. The topological polar surface area (TPSA) is 24.9 Å². The van der Waals surface area contributed by atoms with Crippen LogP contribution in [0.25, 0.3) is 10.9 Å². The zero-order valence-electron chi connectivity index (χ0n) is 12.0. The quantitative estimate of drug-likeness (QED) is 0.903. The molecule has 0 radical (unpaired) electrons. The third kappa shape index (κ3) is 2.95. The van der Waals surface area contributed by atoms with Gasteiger partial charge in [-0.3, -0.25) is 4.98 Å². The third-order valence-corrected chi connectivity index (χ3v) is 3.87. The summed E-state index contributed by atoms with van der Waals surface area (Å²) in [7, 11) is 0. The number of hydrogen-bond acceptors (Lipinski definition) is 2. The summed E-state index contributed by atoms with van der Waals surface area (Å²) in [6, 6.07) is 10.9. The fourth-order valence-corrected chi connectivity index (χ4v) is 2.64. The van der Waals surface area contributed by atoms with Gasteiger partial charge >= 0.3 is 0 Å². The Bertz CT molecular complexity index is 583. The summed E-state index contributed by atoms with van der Waals surface area (Å²) >= 11 is 0. The first-order chi connectivity index (χ1) is 9.03. The van der Waals surface area contributed by atoms with Gasteiger partial charge < -0.3 is 5.32 Å². The Hall–Kier alpha value is -1.41. The lowest BCUT2D eigenvalue weighted by Gasteiger charge is -2.20. The molecule has 100 valence electrons. The number of pyridine rings is 1. The lowest BCUT2D eigenvalue weighted by molar-refractivity contribution is 0.414. The molecule has 2 unspecified atom stereocenters. The molecule has 0 aliphatic heterocycles. The van der Waals surface area contributed by atoms with E-state index in [2.05, 4.69) is 55.3 Å². The third-order valence-electron chi connectivity index (χ3n) is 3.87. The lowest BCUT2D eigenvalue weighted by Crippen LogP contribution is -2.37. The summed E-state index contributed by atoms with van der Waals surface area (Å²) in [6.45, 7) is 7.81. The van der Waals surface area contributed by atoms with E-state index in [1.807, 2.05) is 12.3 Å². The van der Waals surface area contributed by atoms with E-state index in [4.69, 9.17) is 0 Å². The number of nitrogens with one attached hydrogen (secondary N) is 1.